The zero-order chi connectivity index (χ0) is 18.5. The van der Waals surface area contributed by atoms with Gasteiger partial charge >= 0.3 is 0 Å². The Kier molecular flexibility index (Phi) is 5.83. The molecule has 1 fully saturated rings. The SMILES string of the molecule is CC(=O)N1CCCN(C(=O)/C=C/c2ccc(-c3ccccc3F)s2)CC1. The number of thiophene rings is 1. The van der Waals surface area contributed by atoms with E-state index >= 15 is 0 Å². The van der Waals surface area contributed by atoms with E-state index in [0.717, 1.165) is 16.2 Å². The number of carbonyl (C=O) groups is 2. The summed E-state index contributed by atoms with van der Waals surface area (Å²) in [5.41, 5.74) is 0.570. The lowest BCUT2D eigenvalue weighted by atomic mass is 10.2. The van der Waals surface area contributed by atoms with E-state index in [2.05, 4.69) is 0 Å². The van der Waals surface area contributed by atoms with Crippen LogP contribution in [0.5, 0.6) is 0 Å². The maximum absolute atomic E-state index is 13.9. The van der Waals surface area contributed by atoms with Crippen molar-refractivity contribution in [1.82, 2.24) is 9.80 Å². The van der Waals surface area contributed by atoms with Crippen molar-refractivity contribution in [2.45, 2.75) is 13.3 Å². The van der Waals surface area contributed by atoms with Gasteiger partial charge in [-0.3, -0.25) is 9.59 Å². The van der Waals surface area contributed by atoms with E-state index < -0.39 is 0 Å². The summed E-state index contributed by atoms with van der Waals surface area (Å²) in [6.45, 7) is 4.03. The predicted molar refractivity (Wildman–Crippen MR) is 102 cm³/mol. The molecule has 0 spiro atoms. The van der Waals surface area contributed by atoms with Gasteiger partial charge in [0.1, 0.15) is 5.82 Å². The minimum atomic E-state index is -0.249. The summed E-state index contributed by atoms with van der Waals surface area (Å²) < 4.78 is 13.9. The highest BCUT2D eigenvalue weighted by Gasteiger charge is 2.18. The van der Waals surface area contributed by atoms with Gasteiger partial charge in [-0.25, -0.2) is 4.39 Å². The molecule has 1 aromatic heterocycles. The molecule has 136 valence electrons. The van der Waals surface area contributed by atoms with Crippen molar-refractivity contribution in [2.24, 2.45) is 0 Å². The van der Waals surface area contributed by atoms with E-state index in [4.69, 9.17) is 0 Å². The lowest BCUT2D eigenvalue weighted by Crippen LogP contribution is -2.35. The number of halogens is 1. The van der Waals surface area contributed by atoms with E-state index in [1.165, 1.54) is 17.4 Å². The third-order valence-electron chi connectivity index (χ3n) is 4.41. The van der Waals surface area contributed by atoms with E-state index in [1.54, 1.807) is 47.1 Å². The van der Waals surface area contributed by atoms with E-state index in [1.807, 2.05) is 12.1 Å². The first kappa shape index (κ1) is 18.3. The minimum absolute atomic E-state index is 0.0501. The number of rotatable bonds is 3. The zero-order valence-corrected chi connectivity index (χ0v) is 15.5. The predicted octanol–water partition coefficient (Wildman–Crippen LogP) is 3.65. The average Bonchev–Trinajstić information content (AvgIpc) is 2.94. The molecule has 0 saturated carbocycles. The van der Waals surface area contributed by atoms with E-state index in [0.29, 0.717) is 31.7 Å². The van der Waals surface area contributed by atoms with Crippen LogP contribution >= 0.6 is 11.3 Å². The number of carbonyl (C=O) groups excluding carboxylic acids is 2. The Balaban J connectivity index is 1.64. The Morgan fingerprint density at radius 3 is 2.54 bits per heavy atom. The topological polar surface area (TPSA) is 40.6 Å². The van der Waals surface area contributed by atoms with Gasteiger partial charge in [0.2, 0.25) is 11.8 Å². The Hall–Kier alpha value is -2.47. The van der Waals surface area contributed by atoms with E-state index in [9.17, 15) is 14.0 Å². The summed E-state index contributed by atoms with van der Waals surface area (Å²) in [7, 11) is 0. The summed E-state index contributed by atoms with van der Waals surface area (Å²) in [5, 5.41) is 0. The van der Waals surface area contributed by atoms with Crippen molar-refractivity contribution in [3.8, 4) is 10.4 Å². The number of amides is 2. The summed E-state index contributed by atoms with van der Waals surface area (Å²) in [6, 6.07) is 10.4. The lowest BCUT2D eigenvalue weighted by Gasteiger charge is -2.20. The molecule has 2 heterocycles. The maximum atomic E-state index is 13.9. The highest BCUT2D eigenvalue weighted by Crippen LogP contribution is 2.30. The second-order valence-corrected chi connectivity index (χ2v) is 7.32. The van der Waals surface area contributed by atoms with Crippen molar-refractivity contribution in [1.29, 1.82) is 0 Å². The van der Waals surface area contributed by atoms with Gasteiger partial charge in [-0.05, 0) is 30.7 Å². The molecule has 2 aromatic rings. The maximum Gasteiger partial charge on any atom is 0.246 e. The summed E-state index contributed by atoms with van der Waals surface area (Å²) in [5.74, 6) is -0.258. The fourth-order valence-corrected chi connectivity index (χ4v) is 3.90. The van der Waals surface area contributed by atoms with Crippen LogP contribution in [0, 0.1) is 5.82 Å². The number of nitrogens with zero attached hydrogens (tertiary/aromatic N) is 2. The first-order valence-corrected chi connectivity index (χ1v) is 9.43. The molecule has 0 radical (unpaired) electrons. The van der Waals surface area contributed by atoms with Crippen LogP contribution in [0.15, 0.2) is 42.5 Å². The van der Waals surface area contributed by atoms with Crippen LogP contribution in [0.2, 0.25) is 0 Å². The first-order valence-electron chi connectivity index (χ1n) is 8.62. The molecule has 1 aliphatic rings. The van der Waals surface area contributed by atoms with Crippen LogP contribution in [-0.4, -0.2) is 47.8 Å². The molecule has 0 N–H and O–H groups in total. The first-order chi connectivity index (χ1) is 12.5. The van der Waals surface area contributed by atoms with Crippen molar-refractivity contribution in [2.75, 3.05) is 26.2 Å². The Morgan fingerprint density at radius 2 is 1.77 bits per heavy atom. The normalized spacial score (nSPS) is 15.3. The number of hydrogen-bond acceptors (Lipinski definition) is 3. The van der Waals surface area contributed by atoms with Gasteiger partial charge in [0.05, 0.1) is 0 Å². The van der Waals surface area contributed by atoms with Gasteiger partial charge < -0.3 is 9.80 Å². The number of benzene rings is 1. The van der Waals surface area contributed by atoms with Crippen LogP contribution < -0.4 is 0 Å². The second kappa shape index (κ2) is 8.27. The molecule has 0 atom stereocenters. The van der Waals surface area contributed by atoms with Crippen molar-refractivity contribution >= 4 is 29.2 Å². The Labute approximate surface area is 156 Å². The van der Waals surface area contributed by atoms with Crippen LogP contribution in [0.4, 0.5) is 4.39 Å². The van der Waals surface area contributed by atoms with Gasteiger partial charge in [-0.2, -0.15) is 0 Å². The van der Waals surface area contributed by atoms with Gasteiger partial charge in [0.25, 0.3) is 0 Å². The molecule has 1 aromatic carbocycles. The Morgan fingerprint density at radius 1 is 1.04 bits per heavy atom. The molecule has 2 amide bonds. The van der Waals surface area contributed by atoms with Crippen molar-refractivity contribution < 1.29 is 14.0 Å². The van der Waals surface area contributed by atoms with E-state index in [-0.39, 0.29) is 17.6 Å². The largest absolute Gasteiger partial charge is 0.341 e. The van der Waals surface area contributed by atoms with Crippen molar-refractivity contribution in [3.63, 3.8) is 0 Å². The molecule has 6 heteroatoms. The minimum Gasteiger partial charge on any atom is -0.341 e. The fraction of sp³-hybridized carbons (Fsp3) is 0.300. The van der Waals surface area contributed by atoms with Crippen LogP contribution in [0.1, 0.15) is 18.2 Å². The van der Waals surface area contributed by atoms with Gasteiger partial charge in [0.15, 0.2) is 0 Å². The van der Waals surface area contributed by atoms with Crippen LogP contribution in [0.25, 0.3) is 16.5 Å². The molecule has 3 rings (SSSR count). The van der Waals surface area contributed by atoms with Gasteiger partial charge in [-0.15, -0.1) is 11.3 Å². The van der Waals surface area contributed by atoms with Crippen molar-refractivity contribution in [3.05, 3.63) is 53.2 Å². The molecule has 4 nitrogen and oxygen atoms in total. The molecule has 26 heavy (non-hydrogen) atoms. The summed E-state index contributed by atoms with van der Waals surface area (Å²) in [6.07, 6.45) is 4.11. The third-order valence-corrected chi connectivity index (χ3v) is 5.49. The molecule has 0 aliphatic carbocycles. The quantitative estimate of drug-likeness (QED) is 0.772. The van der Waals surface area contributed by atoms with Crippen LogP contribution in [-0.2, 0) is 9.59 Å². The third kappa shape index (κ3) is 4.38. The fourth-order valence-electron chi connectivity index (χ4n) is 2.96. The standard InChI is InChI=1S/C20H21FN2O2S/c1-15(24)22-11-4-12-23(14-13-22)20(25)10-8-16-7-9-19(26-16)17-5-2-3-6-18(17)21/h2-3,5-10H,4,11-14H2,1H3/b10-8+. The number of hydrogen-bond donors (Lipinski definition) is 0. The van der Waals surface area contributed by atoms with Crippen LogP contribution in [0.3, 0.4) is 0 Å². The summed E-state index contributed by atoms with van der Waals surface area (Å²) in [4.78, 5) is 29.2. The monoisotopic (exact) mass is 372 g/mol. The molecule has 0 bridgehead atoms. The highest BCUT2D eigenvalue weighted by molar-refractivity contribution is 7.16. The smallest absolute Gasteiger partial charge is 0.246 e. The molecule has 0 unspecified atom stereocenters. The lowest BCUT2D eigenvalue weighted by molar-refractivity contribution is -0.130. The molecule has 1 saturated heterocycles. The average molecular weight is 372 g/mol. The second-order valence-electron chi connectivity index (χ2n) is 6.20. The Bertz CT molecular complexity index is 831. The van der Waals surface area contributed by atoms with Gasteiger partial charge in [-0.1, -0.05) is 18.2 Å². The molecule has 1 aliphatic heterocycles. The highest BCUT2D eigenvalue weighted by atomic mass is 32.1. The molecular formula is C20H21FN2O2S. The molecular weight excluding hydrogens is 351 g/mol. The zero-order valence-electron chi connectivity index (χ0n) is 14.7. The van der Waals surface area contributed by atoms with Gasteiger partial charge in [0, 0.05) is 54.5 Å². The summed E-state index contributed by atoms with van der Waals surface area (Å²) >= 11 is 1.45.